The van der Waals surface area contributed by atoms with E-state index in [1.54, 1.807) is 19.9 Å². The molecule has 1 aliphatic rings. The molecule has 4 heteroatoms. The Balaban J connectivity index is 0.000000385. The molecule has 0 aromatic rings. The lowest BCUT2D eigenvalue weighted by Gasteiger charge is -1.97. The number of allylic oxidation sites excluding steroid dienone is 2. The summed E-state index contributed by atoms with van der Waals surface area (Å²) in [7, 11) is 0. The summed E-state index contributed by atoms with van der Waals surface area (Å²) >= 11 is 0. The summed E-state index contributed by atoms with van der Waals surface area (Å²) in [5.74, 6) is -0.287. The highest BCUT2D eigenvalue weighted by atomic mass is 16.5. The van der Waals surface area contributed by atoms with Crippen molar-refractivity contribution in [2.45, 2.75) is 20.8 Å². The fourth-order valence-electron chi connectivity index (χ4n) is 1.39. The maximum absolute atomic E-state index is 11.0. The van der Waals surface area contributed by atoms with Crippen LogP contribution in [0, 0.1) is 17.8 Å². The van der Waals surface area contributed by atoms with Gasteiger partial charge in [-0.15, -0.1) is 0 Å². The van der Waals surface area contributed by atoms with Crippen molar-refractivity contribution in [2.75, 3.05) is 6.61 Å². The van der Waals surface area contributed by atoms with Crippen LogP contribution in [0.2, 0.25) is 0 Å². The molecule has 3 atom stereocenters. The third-order valence-corrected chi connectivity index (χ3v) is 2.43. The fraction of sp³-hybridized carbons (Fsp3) is 0.583. The summed E-state index contributed by atoms with van der Waals surface area (Å²) in [5, 5.41) is 0. The molecular weight excluding hydrogens is 208 g/mol. The van der Waals surface area contributed by atoms with E-state index < -0.39 is 0 Å². The van der Waals surface area contributed by atoms with Gasteiger partial charge in [-0.2, -0.15) is 0 Å². The second-order valence-electron chi connectivity index (χ2n) is 3.51. The highest BCUT2D eigenvalue weighted by Crippen LogP contribution is 2.44. The number of aldehydes is 2. The van der Waals surface area contributed by atoms with Crippen LogP contribution in [0.3, 0.4) is 0 Å². The first-order valence-electron chi connectivity index (χ1n) is 5.32. The number of ether oxygens (including phenoxy) is 1. The first-order chi connectivity index (χ1) is 7.63. The predicted octanol–water partition coefficient (Wildman–Crippen LogP) is 1.39. The Bertz CT molecular complexity index is 270. The lowest BCUT2D eigenvalue weighted by Crippen LogP contribution is -2.08. The quantitative estimate of drug-likeness (QED) is 0.413. The third kappa shape index (κ3) is 4.38. The molecule has 0 N–H and O–H groups in total. The maximum Gasteiger partial charge on any atom is 0.309 e. The molecule has 0 aliphatic heterocycles. The van der Waals surface area contributed by atoms with Crippen molar-refractivity contribution < 1.29 is 19.1 Å². The normalized spacial score (nSPS) is 26.6. The van der Waals surface area contributed by atoms with Crippen molar-refractivity contribution in [3.05, 3.63) is 12.2 Å². The van der Waals surface area contributed by atoms with Crippen molar-refractivity contribution in [1.82, 2.24) is 0 Å². The van der Waals surface area contributed by atoms with Gasteiger partial charge in [-0.05, 0) is 25.8 Å². The molecule has 1 aliphatic carbocycles. The maximum atomic E-state index is 11.0. The molecule has 0 saturated heterocycles. The van der Waals surface area contributed by atoms with Crippen molar-refractivity contribution in [3.63, 3.8) is 0 Å². The summed E-state index contributed by atoms with van der Waals surface area (Å²) in [6, 6.07) is 0. The minimum atomic E-state index is -0.225. The Morgan fingerprint density at radius 3 is 2.25 bits per heavy atom. The van der Waals surface area contributed by atoms with Gasteiger partial charge < -0.3 is 9.53 Å². The summed E-state index contributed by atoms with van der Waals surface area (Å²) in [4.78, 5) is 30.6. The number of carbonyl (C=O) groups excluding carboxylic acids is 3. The number of carbonyl (C=O) groups is 3. The highest BCUT2D eigenvalue weighted by molar-refractivity contribution is 5.82. The van der Waals surface area contributed by atoms with Crippen LogP contribution in [0.15, 0.2) is 12.2 Å². The van der Waals surface area contributed by atoms with Crippen LogP contribution in [0.1, 0.15) is 20.8 Å². The Morgan fingerprint density at radius 1 is 1.38 bits per heavy atom. The molecule has 4 nitrogen and oxygen atoms in total. The first kappa shape index (κ1) is 14.6. The predicted molar refractivity (Wildman–Crippen MR) is 59.7 cm³/mol. The molecular formula is C12H18O4. The van der Waals surface area contributed by atoms with Crippen LogP contribution in [0.5, 0.6) is 0 Å². The lowest BCUT2D eigenvalue weighted by molar-refractivity contribution is -0.145. The molecule has 90 valence electrons. The average molecular weight is 226 g/mol. The fourth-order valence-corrected chi connectivity index (χ4v) is 1.39. The van der Waals surface area contributed by atoms with Crippen LogP contribution < -0.4 is 0 Å². The molecule has 0 heterocycles. The zero-order chi connectivity index (χ0) is 12.6. The molecule has 1 fully saturated rings. The summed E-state index contributed by atoms with van der Waals surface area (Å²) in [6.45, 7) is 5.85. The van der Waals surface area contributed by atoms with Crippen LogP contribution in [-0.4, -0.2) is 25.1 Å². The third-order valence-electron chi connectivity index (χ3n) is 2.43. The van der Waals surface area contributed by atoms with E-state index >= 15 is 0 Å². The minimum Gasteiger partial charge on any atom is -0.466 e. The van der Waals surface area contributed by atoms with Gasteiger partial charge in [-0.3, -0.25) is 9.59 Å². The zero-order valence-electron chi connectivity index (χ0n) is 9.88. The van der Waals surface area contributed by atoms with Crippen LogP contribution >= 0.6 is 0 Å². The Kier molecular flexibility index (Phi) is 7.09. The van der Waals surface area contributed by atoms with E-state index in [-0.39, 0.29) is 23.7 Å². The van der Waals surface area contributed by atoms with Crippen molar-refractivity contribution in [1.29, 1.82) is 0 Å². The summed E-state index contributed by atoms with van der Waals surface area (Å²) < 4.78 is 4.77. The summed E-state index contributed by atoms with van der Waals surface area (Å²) in [6.07, 6.45) is 4.72. The molecule has 1 saturated carbocycles. The zero-order valence-corrected chi connectivity index (χ0v) is 9.88. The van der Waals surface area contributed by atoms with Gasteiger partial charge in [-0.1, -0.05) is 13.0 Å². The molecule has 0 aromatic carbocycles. The highest BCUT2D eigenvalue weighted by Gasteiger charge is 2.52. The van der Waals surface area contributed by atoms with E-state index in [0.29, 0.717) is 6.61 Å². The van der Waals surface area contributed by atoms with E-state index in [0.717, 1.165) is 12.6 Å². The van der Waals surface area contributed by atoms with Crippen molar-refractivity contribution >= 4 is 18.5 Å². The van der Waals surface area contributed by atoms with Gasteiger partial charge in [0, 0.05) is 5.92 Å². The molecule has 1 rings (SSSR count). The molecule has 0 aromatic heterocycles. The number of hydrogen-bond donors (Lipinski definition) is 0. The second-order valence-corrected chi connectivity index (χ2v) is 3.51. The van der Waals surface area contributed by atoms with Crippen LogP contribution in [0.4, 0.5) is 0 Å². The Labute approximate surface area is 95.7 Å². The molecule has 0 bridgehead atoms. The molecule has 3 unspecified atom stereocenters. The number of rotatable bonds is 4. The molecule has 0 amide bonds. The van der Waals surface area contributed by atoms with Gasteiger partial charge in [0.15, 0.2) is 0 Å². The largest absolute Gasteiger partial charge is 0.466 e. The van der Waals surface area contributed by atoms with E-state index in [2.05, 4.69) is 0 Å². The van der Waals surface area contributed by atoms with Crippen LogP contribution in [0.25, 0.3) is 0 Å². The van der Waals surface area contributed by atoms with E-state index in [4.69, 9.17) is 4.74 Å². The number of hydrogen-bond acceptors (Lipinski definition) is 4. The number of esters is 1. The Hall–Kier alpha value is -1.45. The van der Waals surface area contributed by atoms with E-state index in [1.165, 1.54) is 6.08 Å². The summed E-state index contributed by atoms with van der Waals surface area (Å²) in [5.41, 5.74) is 0. The topological polar surface area (TPSA) is 60.4 Å². The molecule has 0 spiro atoms. The van der Waals surface area contributed by atoms with Gasteiger partial charge in [0.1, 0.15) is 12.6 Å². The smallest absolute Gasteiger partial charge is 0.309 e. The van der Waals surface area contributed by atoms with Gasteiger partial charge in [0.05, 0.1) is 12.5 Å². The molecule has 0 radical (unpaired) electrons. The standard InChI is InChI=1S/C8H12O3.C4H6O/c1-3-11-8(10)7-5(2)6(7)4-9;1-2-3-4-5/h4-7H,3H2,1-2H3;2-4H,1H3/b;3-2+. The van der Waals surface area contributed by atoms with E-state index in [1.807, 2.05) is 6.92 Å². The van der Waals surface area contributed by atoms with Crippen molar-refractivity contribution in [3.8, 4) is 0 Å². The van der Waals surface area contributed by atoms with Crippen molar-refractivity contribution in [2.24, 2.45) is 17.8 Å². The lowest BCUT2D eigenvalue weighted by atomic mass is 10.3. The monoisotopic (exact) mass is 226 g/mol. The van der Waals surface area contributed by atoms with Gasteiger partial charge in [0.25, 0.3) is 0 Å². The Morgan fingerprint density at radius 2 is 2.00 bits per heavy atom. The second kappa shape index (κ2) is 7.79. The van der Waals surface area contributed by atoms with Gasteiger partial charge >= 0.3 is 5.97 Å². The average Bonchev–Trinajstić information content (AvgIpc) is 2.91. The van der Waals surface area contributed by atoms with E-state index in [9.17, 15) is 14.4 Å². The first-order valence-corrected chi connectivity index (χ1v) is 5.32. The minimum absolute atomic E-state index is 0.0888. The SMILES string of the molecule is C/C=C/C=O.CCOC(=O)C1C(C)C1C=O. The van der Waals surface area contributed by atoms with Gasteiger partial charge in [0.2, 0.25) is 0 Å². The van der Waals surface area contributed by atoms with Crippen LogP contribution in [-0.2, 0) is 19.1 Å². The van der Waals surface area contributed by atoms with Gasteiger partial charge in [-0.25, -0.2) is 0 Å². The molecule has 16 heavy (non-hydrogen) atoms.